The second kappa shape index (κ2) is 8.83. The van der Waals surface area contributed by atoms with E-state index in [0.29, 0.717) is 6.42 Å². The monoisotopic (exact) mass is 434 g/mol. The van der Waals surface area contributed by atoms with Gasteiger partial charge in [-0.05, 0) is 36.8 Å². The number of halogens is 1. The van der Waals surface area contributed by atoms with Crippen LogP contribution in [0.4, 0.5) is 0 Å². The molecule has 0 aliphatic rings. The molecule has 2 aromatic carbocycles. The Balaban J connectivity index is 1.77. The van der Waals surface area contributed by atoms with Crippen molar-refractivity contribution in [1.82, 2.24) is 4.57 Å². The average molecular weight is 435 g/mol. The van der Waals surface area contributed by atoms with E-state index in [1.165, 1.54) is 4.90 Å². The summed E-state index contributed by atoms with van der Waals surface area (Å²) in [6.07, 6.45) is 1.46. The third-order valence-electron chi connectivity index (χ3n) is 3.64. The van der Waals surface area contributed by atoms with Crippen molar-refractivity contribution in [2.75, 3.05) is 5.75 Å². The van der Waals surface area contributed by atoms with Crippen LogP contribution >= 0.6 is 39.0 Å². The minimum atomic E-state index is -0.0566. The predicted molar refractivity (Wildman–Crippen MR) is 110 cm³/mol. The molecule has 0 aliphatic heterocycles. The summed E-state index contributed by atoms with van der Waals surface area (Å²) in [6, 6.07) is 16.3. The Bertz CT molecular complexity index is 931. The van der Waals surface area contributed by atoms with E-state index >= 15 is 0 Å². The lowest BCUT2D eigenvalue weighted by atomic mass is 10.3. The van der Waals surface area contributed by atoms with Crippen molar-refractivity contribution >= 4 is 55.2 Å². The molecule has 0 unspecified atom stereocenters. The zero-order valence-corrected chi connectivity index (χ0v) is 17.2. The molecule has 1 aromatic heterocycles. The third kappa shape index (κ3) is 4.84. The highest BCUT2D eigenvalue weighted by Gasteiger charge is 2.08. The first kappa shape index (κ1) is 18.4. The Labute approximate surface area is 163 Å². The summed E-state index contributed by atoms with van der Waals surface area (Å²) in [5.41, 5.74) is 1.14. The van der Waals surface area contributed by atoms with Gasteiger partial charge in [-0.2, -0.15) is 4.99 Å². The van der Waals surface area contributed by atoms with E-state index in [1.807, 2.05) is 24.3 Å². The van der Waals surface area contributed by atoms with Crippen molar-refractivity contribution in [2.45, 2.75) is 31.2 Å². The summed E-state index contributed by atoms with van der Waals surface area (Å²) in [4.78, 5) is 18.7. The first-order chi connectivity index (χ1) is 12.2. The Morgan fingerprint density at radius 1 is 1.24 bits per heavy atom. The largest absolute Gasteiger partial charge is 0.316 e. The van der Waals surface area contributed by atoms with Crippen LogP contribution in [0.15, 0.2) is 62.9 Å². The zero-order chi connectivity index (χ0) is 17.6. The minimum absolute atomic E-state index is 0.0566. The van der Waals surface area contributed by atoms with Crippen molar-refractivity contribution < 1.29 is 4.79 Å². The van der Waals surface area contributed by atoms with E-state index in [9.17, 15) is 4.79 Å². The number of hydrogen-bond acceptors (Lipinski definition) is 3. The molecule has 0 atom stereocenters. The van der Waals surface area contributed by atoms with Gasteiger partial charge in [0.05, 0.1) is 10.2 Å². The van der Waals surface area contributed by atoms with E-state index < -0.39 is 0 Å². The van der Waals surface area contributed by atoms with Crippen molar-refractivity contribution in [3.05, 3.63) is 57.8 Å². The fraction of sp³-hybridized carbons (Fsp3) is 0.263. The number of aryl methyl sites for hydroxylation is 1. The lowest BCUT2D eigenvalue weighted by Crippen LogP contribution is -2.16. The number of thioether (sulfide) groups is 1. The van der Waals surface area contributed by atoms with E-state index in [4.69, 9.17) is 0 Å². The molecule has 0 fully saturated rings. The van der Waals surface area contributed by atoms with Gasteiger partial charge in [-0.25, -0.2) is 0 Å². The number of hydrogen-bond donors (Lipinski definition) is 0. The number of amides is 1. The summed E-state index contributed by atoms with van der Waals surface area (Å²) >= 11 is 6.77. The van der Waals surface area contributed by atoms with Crippen LogP contribution in [0.3, 0.4) is 0 Å². The van der Waals surface area contributed by atoms with Gasteiger partial charge in [-0.15, -0.1) is 11.8 Å². The van der Waals surface area contributed by atoms with E-state index in [-0.39, 0.29) is 5.91 Å². The molecule has 0 N–H and O–H groups in total. The highest BCUT2D eigenvalue weighted by atomic mass is 79.9. The number of fused-ring (bicyclic) bond motifs is 1. The fourth-order valence-corrected chi connectivity index (χ4v) is 4.99. The topological polar surface area (TPSA) is 34.4 Å². The summed E-state index contributed by atoms with van der Waals surface area (Å²) in [6.45, 7) is 3.00. The quantitative estimate of drug-likeness (QED) is 0.480. The smallest absolute Gasteiger partial charge is 0.249 e. The summed E-state index contributed by atoms with van der Waals surface area (Å²) < 4.78 is 4.34. The SMILES string of the molecule is CCCn1c(=NC(=O)CCSc2ccccc2)sc2cc(Br)ccc21. The number of rotatable bonds is 6. The Hall–Kier alpha value is -1.37. The maximum atomic E-state index is 12.3. The molecule has 0 saturated heterocycles. The lowest BCUT2D eigenvalue weighted by Gasteiger charge is -2.02. The van der Waals surface area contributed by atoms with Gasteiger partial charge in [-0.1, -0.05) is 52.4 Å². The van der Waals surface area contributed by atoms with Gasteiger partial charge < -0.3 is 4.57 Å². The van der Waals surface area contributed by atoms with Gasteiger partial charge in [0.15, 0.2) is 4.80 Å². The van der Waals surface area contributed by atoms with Crippen molar-refractivity contribution in [1.29, 1.82) is 0 Å². The third-order valence-corrected chi connectivity index (χ3v) is 6.19. The van der Waals surface area contributed by atoms with Crippen LogP contribution in [0, 0.1) is 0 Å². The maximum Gasteiger partial charge on any atom is 0.249 e. The summed E-state index contributed by atoms with van der Waals surface area (Å²) in [7, 11) is 0. The van der Waals surface area contributed by atoms with Gasteiger partial charge in [0.1, 0.15) is 0 Å². The van der Waals surface area contributed by atoms with E-state index in [1.54, 1.807) is 23.1 Å². The Morgan fingerprint density at radius 2 is 2.04 bits per heavy atom. The first-order valence-corrected chi connectivity index (χ1v) is 10.8. The molecular weight excluding hydrogens is 416 g/mol. The normalized spacial score (nSPS) is 12.0. The van der Waals surface area contributed by atoms with Crippen LogP contribution in [-0.4, -0.2) is 16.2 Å². The zero-order valence-electron chi connectivity index (χ0n) is 13.9. The van der Waals surface area contributed by atoms with Crippen LogP contribution in [-0.2, 0) is 11.3 Å². The van der Waals surface area contributed by atoms with Gasteiger partial charge in [0.2, 0.25) is 5.91 Å². The molecule has 1 amide bonds. The molecule has 0 saturated carbocycles. The number of nitrogens with zero attached hydrogens (tertiary/aromatic N) is 2. The second-order valence-electron chi connectivity index (χ2n) is 5.57. The molecule has 3 rings (SSSR count). The van der Waals surface area contributed by atoms with E-state index in [2.05, 4.69) is 56.7 Å². The second-order valence-corrected chi connectivity index (χ2v) is 8.66. The molecule has 1 heterocycles. The molecule has 3 nitrogen and oxygen atoms in total. The van der Waals surface area contributed by atoms with Gasteiger partial charge in [0, 0.05) is 28.1 Å². The number of aromatic nitrogens is 1. The van der Waals surface area contributed by atoms with Gasteiger partial charge >= 0.3 is 0 Å². The molecular formula is C19H19BrN2OS2. The highest BCUT2D eigenvalue weighted by molar-refractivity contribution is 9.10. The molecule has 0 bridgehead atoms. The van der Waals surface area contributed by atoms with Gasteiger partial charge in [0.25, 0.3) is 0 Å². The molecule has 6 heteroatoms. The number of carbonyl (C=O) groups is 1. The van der Waals surface area contributed by atoms with Crippen LogP contribution in [0.5, 0.6) is 0 Å². The van der Waals surface area contributed by atoms with Crippen LogP contribution < -0.4 is 4.80 Å². The molecule has 0 aliphatic carbocycles. The summed E-state index contributed by atoms with van der Waals surface area (Å²) in [5.74, 6) is 0.690. The first-order valence-electron chi connectivity index (χ1n) is 8.21. The van der Waals surface area contributed by atoms with Crippen molar-refractivity contribution in [3.63, 3.8) is 0 Å². The fourth-order valence-electron chi connectivity index (χ4n) is 2.51. The van der Waals surface area contributed by atoms with Crippen LogP contribution in [0.25, 0.3) is 10.2 Å². The highest BCUT2D eigenvalue weighted by Crippen LogP contribution is 2.22. The van der Waals surface area contributed by atoms with Gasteiger partial charge in [-0.3, -0.25) is 4.79 Å². The lowest BCUT2D eigenvalue weighted by molar-refractivity contribution is -0.117. The molecule has 25 heavy (non-hydrogen) atoms. The molecule has 130 valence electrons. The molecule has 0 radical (unpaired) electrons. The Morgan fingerprint density at radius 3 is 2.80 bits per heavy atom. The minimum Gasteiger partial charge on any atom is -0.316 e. The van der Waals surface area contributed by atoms with E-state index in [0.717, 1.165) is 38.2 Å². The molecule has 3 aromatic rings. The number of carbonyl (C=O) groups excluding carboxylic acids is 1. The number of thiazole rings is 1. The summed E-state index contributed by atoms with van der Waals surface area (Å²) in [5, 5.41) is 0. The van der Waals surface area contributed by atoms with Crippen molar-refractivity contribution in [2.24, 2.45) is 4.99 Å². The molecule has 0 spiro atoms. The number of benzene rings is 2. The average Bonchev–Trinajstić information content (AvgIpc) is 2.92. The predicted octanol–water partition coefficient (Wildman–Crippen LogP) is 5.49. The maximum absolute atomic E-state index is 12.3. The van der Waals surface area contributed by atoms with Crippen LogP contribution in [0.1, 0.15) is 19.8 Å². The standard InChI is InChI=1S/C19H19BrN2OS2/c1-2-11-22-16-9-8-14(20)13-17(16)25-19(22)21-18(23)10-12-24-15-6-4-3-5-7-15/h3-9,13H,2,10-12H2,1H3. The van der Waals surface area contributed by atoms with Crippen LogP contribution in [0.2, 0.25) is 0 Å². The van der Waals surface area contributed by atoms with Crippen molar-refractivity contribution in [3.8, 4) is 0 Å². The Kier molecular flexibility index (Phi) is 6.51.